The summed E-state index contributed by atoms with van der Waals surface area (Å²) in [6.45, 7) is 1.11. The first kappa shape index (κ1) is 18.7. The summed E-state index contributed by atoms with van der Waals surface area (Å²) in [5, 5.41) is 12.1. The number of nitrogens with zero attached hydrogens (tertiary/aromatic N) is 4. The minimum atomic E-state index is -3.70. The average Bonchev–Trinajstić information content (AvgIpc) is 3.13. The van der Waals surface area contributed by atoms with Gasteiger partial charge in [-0.15, -0.1) is 0 Å². The lowest BCUT2D eigenvalue weighted by atomic mass is 10.2. The van der Waals surface area contributed by atoms with E-state index in [1.165, 1.54) is 16.6 Å². The van der Waals surface area contributed by atoms with Gasteiger partial charge in [0.1, 0.15) is 16.2 Å². The van der Waals surface area contributed by atoms with Crippen LogP contribution in [0.15, 0.2) is 47.6 Å². The molecular weight excluding hydrogens is 406 g/mol. The third kappa shape index (κ3) is 3.19. The van der Waals surface area contributed by atoms with Gasteiger partial charge in [-0.2, -0.15) is 4.31 Å². The highest BCUT2D eigenvalue weighted by Crippen LogP contribution is 2.32. The summed E-state index contributed by atoms with van der Waals surface area (Å²) in [6, 6.07) is 7.88. The number of aromatic amines is 1. The van der Waals surface area contributed by atoms with Gasteiger partial charge in [-0.25, -0.2) is 13.4 Å². The van der Waals surface area contributed by atoms with E-state index in [-0.39, 0.29) is 28.7 Å². The number of benzene rings is 1. The van der Waals surface area contributed by atoms with Gasteiger partial charge in [0.2, 0.25) is 10.0 Å². The number of nitro benzene ring substituents is 1. The number of hydrogen-bond donors (Lipinski definition) is 1. The minimum Gasteiger partial charge on any atom is -0.363 e. The third-order valence-electron chi connectivity index (χ3n) is 4.74. The van der Waals surface area contributed by atoms with E-state index in [9.17, 15) is 18.5 Å². The van der Waals surface area contributed by atoms with Gasteiger partial charge < -0.3 is 9.88 Å². The van der Waals surface area contributed by atoms with Gasteiger partial charge in [0, 0.05) is 55.0 Å². The molecule has 1 aliphatic rings. The average molecular weight is 422 g/mol. The molecule has 0 saturated carbocycles. The smallest absolute Gasteiger partial charge is 0.294 e. The molecule has 28 heavy (non-hydrogen) atoms. The normalized spacial score (nSPS) is 15.8. The Kier molecular flexibility index (Phi) is 4.69. The maximum Gasteiger partial charge on any atom is 0.294 e. The Labute approximate surface area is 165 Å². The second-order valence-electron chi connectivity index (χ2n) is 6.33. The lowest BCUT2D eigenvalue weighted by Crippen LogP contribution is -2.48. The highest BCUT2D eigenvalue weighted by atomic mass is 35.5. The number of hydrogen-bond acceptors (Lipinski definition) is 6. The van der Waals surface area contributed by atoms with Crippen molar-refractivity contribution in [1.29, 1.82) is 0 Å². The summed E-state index contributed by atoms with van der Waals surface area (Å²) < 4.78 is 27.5. The van der Waals surface area contributed by atoms with Crippen molar-refractivity contribution in [2.75, 3.05) is 31.1 Å². The molecule has 11 heteroatoms. The van der Waals surface area contributed by atoms with Gasteiger partial charge in [-0.05, 0) is 24.3 Å². The highest BCUT2D eigenvalue weighted by molar-refractivity contribution is 7.89. The molecule has 3 heterocycles. The molecule has 1 aliphatic heterocycles. The topological polar surface area (TPSA) is 112 Å². The molecule has 1 fully saturated rings. The lowest BCUT2D eigenvalue weighted by molar-refractivity contribution is -0.384. The Morgan fingerprint density at radius 2 is 1.93 bits per heavy atom. The molecule has 1 aromatic carbocycles. The van der Waals surface area contributed by atoms with Crippen LogP contribution in [0, 0.1) is 10.1 Å². The van der Waals surface area contributed by atoms with E-state index < -0.39 is 14.9 Å². The molecule has 3 aromatic rings. The van der Waals surface area contributed by atoms with Crippen molar-refractivity contribution in [3.63, 3.8) is 0 Å². The fourth-order valence-corrected chi connectivity index (χ4v) is 5.10. The van der Waals surface area contributed by atoms with Crippen molar-refractivity contribution in [2.45, 2.75) is 4.90 Å². The minimum absolute atomic E-state index is 0.0912. The van der Waals surface area contributed by atoms with E-state index in [1.54, 1.807) is 35.4 Å². The summed E-state index contributed by atoms with van der Waals surface area (Å²) in [6.07, 6.45) is 3.04. The van der Waals surface area contributed by atoms with Crippen molar-refractivity contribution in [2.24, 2.45) is 0 Å². The number of piperazine rings is 1. The number of pyridine rings is 1. The molecule has 9 nitrogen and oxygen atoms in total. The summed E-state index contributed by atoms with van der Waals surface area (Å²) >= 11 is 5.87. The summed E-state index contributed by atoms with van der Waals surface area (Å²) in [7, 11) is -3.70. The molecule has 0 atom stereocenters. The molecule has 0 radical (unpaired) electrons. The van der Waals surface area contributed by atoms with Crippen molar-refractivity contribution in [3.05, 3.63) is 57.9 Å². The van der Waals surface area contributed by atoms with Crippen LogP contribution >= 0.6 is 11.6 Å². The molecule has 2 aromatic heterocycles. The molecule has 146 valence electrons. The van der Waals surface area contributed by atoms with Gasteiger partial charge in [-0.3, -0.25) is 10.1 Å². The van der Waals surface area contributed by atoms with E-state index >= 15 is 0 Å². The predicted molar refractivity (Wildman–Crippen MR) is 105 cm³/mol. The van der Waals surface area contributed by atoms with Crippen LogP contribution in [0.1, 0.15) is 0 Å². The number of aromatic nitrogens is 2. The number of nitro groups is 1. The zero-order valence-corrected chi connectivity index (χ0v) is 16.2. The Hall–Kier alpha value is -2.69. The fourth-order valence-electron chi connectivity index (χ4n) is 3.36. The zero-order valence-electron chi connectivity index (χ0n) is 14.6. The lowest BCUT2D eigenvalue weighted by Gasteiger charge is -2.35. The molecule has 4 rings (SSSR count). The van der Waals surface area contributed by atoms with E-state index in [0.29, 0.717) is 29.8 Å². The summed E-state index contributed by atoms with van der Waals surface area (Å²) in [5.41, 5.74) is 0.853. The van der Waals surface area contributed by atoms with Crippen molar-refractivity contribution in [3.8, 4) is 0 Å². The highest BCUT2D eigenvalue weighted by Gasteiger charge is 2.32. The largest absolute Gasteiger partial charge is 0.363 e. The number of halogens is 1. The molecule has 0 aliphatic carbocycles. The van der Waals surface area contributed by atoms with Crippen LogP contribution in [0.2, 0.25) is 5.02 Å². The van der Waals surface area contributed by atoms with Crippen LogP contribution in [0.3, 0.4) is 0 Å². The number of anilines is 1. The first-order valence-electron chi connectivity index (χ1n) is 8.49. The second kappa shape index (κ2) is 7.04. The molecule has 0 amide bonds. The van der Waals surface area contributed by atoms with Crippen LogP contribution < -0.4 is 4.90 Å². The monoisotopic (exact) mass is 421 g/mol. The predicted octanol–water partition coefficient (Wildman–Crippen LogP) is 2.64. The number of nitrogens with one attached hydrogen (secondary N) is 1. The van der Waals surface area contributed by atoms with Gasteiger partial charge in [0.25, 0.3) is 5.69 Å². The quantitative estimate of drug-likeness (QED) is 0.511. The first-order valence-corrected chi connectivity index (χ1v) is 10.3. The van der Waals surface area contributed by atoms with Crippen molar-refractivity contribution >= 4 is 44.0 Å². The molecule has 1 saturated heterocycles. The summed E-state index contributed by atoms with van der Waals surface area (Å²) in [4.78, 5) is 19.8. The number of H-pyrrole nitrogens is 1. The van der Waals surface area contributed by atoms with Crippen LogP contribution in [0.5, 0.6) is 0 Å². The Morgan fingerprint density at radius 1 is 1.18 bits per heavy atom. The third-order valence-corrected chi connectivity index (χ3v) is 6.92. The van der Waals surface area contributed by atoms with Crippen LogP contribution in [0.4, 0.5) is 11.4 Å². The van der Waals surface area contributed by atoms with E-state index in [4.69, 9.17) is 11.6 Å². The van der Waals surface area contributed by atoms with E-state index in [2.05, 4.69) is 9.97 Å². The molecule has 1 N–H and O–H groups in total. The summed E-state index contributed by atoms with van der Waals surface area (Å²) in [5.74, 6) is 0. The number of rotatable bonds is 4. The van der Waals surface area contributed by atoms with Crippen molar-refractivity contribution < 1.29 is 13.3 Å². The molecular formula is C17H16ClN5O4S. The Balaban J connectivity index is 1.57. The van der Waals surface area contributed by atoms with Crippen LogP contribution in [-0.4, -0.2) is 53.8 Å². The van der Waals surface area contributed by atoms with Gasteiger partial charge in [0.15, 0.2) is 0 Å². The van der Waals surface area contributed by atoms with E-state index in [1.807, 2.05) is 0 Å². The fraction of sp³-hybridized carbons (Fsp3) is 0.235. The van der Waals surface area contributed by atoms with Gasteiger partial charge in [-0.1, -0.05) is 11.6 Å². The van der Waals surface area contributed by atoms with Crippen LogP contribution in [0.25, 0.3) is 11.0 Å². The maximum absolute atomic E-state index is 13.1. The Bertz CT molecular complexity index is 1160. The zero-order chi connectivity index (χ0) is 19.9. The SMILES string of the molecule is O=[N+]([O-])c1cc(Cl)ccc1N1CCN(S(=O)(=O)c2c[nH]c3ncccc23)CC1. The maximum atomic E-state index is 13.1. The van der Waals surface area contributed by atoms with Gasteiger partial charge >= 0.3 is 0 Å². The number of fused-ring (bicyclic) bond motifs is 1. The number of sulfonamides is 1. The standard InChI is InChI=1S/C17H16ClN5O4S/c18-12-3-4-14(15(10-12)23(24)25)21-6-8-22(9-7-21)28(26,27)16-11-20-17-13(16)2-1-5-19-17/h1-5,10-11H,6-9H2,(H,19,20). The van der Waals surface area contributed by atoms with Crippen LogP contribution in [-0.2, 0) is 10.0 Å². The first-order chi connectivity index (χ1) is 13.4. The molecule has 0 unspecified atom stereocenters. The molecule has 0 spiro atoms. The second-order valence-corrected chi connectivity index (χ2v) is 8.68. The Morgan fingerprint density at radius 3 is 2.64 bits per heavy atom. The van der Waals surface area contributed by atoms with E-state index in [0.717, 1.165) is 0 Å². The van der Waals surface area contributed by atoms with Gasteiger partial charge in [0.05, 0.1) is 4.92 Å². The van der Waals surface area contributed by atoms with Crippen molar-refractivity contribution in [1.82, 2.24) is 14.3 Å². The molecule has 0 bridgehead atoms.